The molecule has 1 N–H and O–H groups in total. The molecule has 0 amide bonds. The van der Waals surface area contributed by atoms with Crippen LogP contribution in [-0.2, 0) is 6.54 Å². The molecule has 3 heteroatoms. The van der Waals surface area contributed by atoms with Crippen molar-refractivity contribution in [2.75, 3.05) is 13.1 Å². The van der Waals surface area contributed by atoms with Crippen LogP contribution in [0.5, 0.6) is 0 Å². The predicted octanol–water partition coefficient (Wildman–Crippen LogP) is 3.26. The van der Waals surface area contributed by atoms with Gasteiger partial charge in [-0.2, -0.15) is 0 Å². The third-order valence-corrected chi connectivity index (χ3v) is 4.38. The zero-order chi connectivity index (χ0) is 14.8. The molecule has 0 saturated carbocycles. The number of fused-ring (bicyclic) bond motifs is 1. The number of imidazole rings is 1. The highest BCUT2D eigenvalue weighted by Gasteiger charge is 2.22. The van der Waals surface area contributed by atoms with E-state index in [4.69, 9.17) is 11.4 Å². The Morgan fingerprint density at radius 3 is 3.00 bits per heavy atom. The Balaban J connectivity index is 2.09. The Morgan fingerprint density at radius 1 is 1.48 bits per heavy atom. The van der Waals surface area contributed by atoms with Crippen LogP contribution in [0, 0.1) is 12.3 Å². The van der Waals surface area contributed by atoms with Crippen molar-refractivity contribution < 1.29 is 0 Å². The summed E-state index contributed by atoms with van der Waals surface area (Å²) in [5.74, 6) is 4.93. The van der Waals surface area contributed by atoms with Gasteiger partial charge in [0.25, 0.3) is 0 Å². The first kappa shape index (κ1) is 14.2. The van der Waals surface area contributed by atoms with Crippen molar-refractivity contribution in [3.05, 3.63) is 29.6 Å². The van der Waals surface area contributed by atoms with Crippen molar-refractivity contribution in [1.29, 1.82) is 0 Å². The molecule has 110 valence electrons. The lowest BCUT2D eigenvalue weighted by Gasteiger charge is -2.22. The number of rotatable bonds is 3. The summed E-state index contributed by atoms with van der Waals surface area (Å²) in [5.41, 5.74) is 3.58. The summed E-state index contributed by atoms with van der Waals surface area (Å²) in [7, 11) is 0. The van der Waals surface area contributed by atoms with Crippen molar-refractivity contribution in [3.63, 3.8) is 0 Å². The fraction of sp³-hybridized carbons (Fsp3) is 0.500. The highest BCUT2D eigenvalue weighted by molar-refractivity contribution is 5.77. The first-order valence-electron chi connectivity index (χ1n) is 7.85. The highest BCUT2D eigenvalue weighted by atomic mass is 15.1. The topological polar surface area (TPSA) is 29.9 Å². The molecule has 0 spiro atoms. The monoisotopic (exact) mass is 281 g/mol. The van der Waals surface area contributed by atoms with Crippen LogP contribution in [0.2, 0.25) is 0 Å². The summed E-state index contributed by atoms with van der Waals surface area (Å²) in [6.07, 6.45) is 7.97. The smallest absolute Gasteiger partial charge is 0.115 e. The molecule has 1 unspecified atom stereocenters. The van der Waals surface area contributed by atoms with E-state index in [0.29, 0.717) is 18.4 Å². The summed E-state index contributed by atoms with van der Waals surface area (Å²) >= 11 is 0. The van der Waals surface area contributed by atoms with E-state index in [2.05, 4.69) is 47.9 Å². The van der Waals surface area contributed by atoms with Crippen LogP contribution in [0.15, 0.2) is 18.2 Å². The molecule has 1 aliphatic rings. The third kappa shape index (κ3) is 2.69. The molecule has 1 aliphatic heterocycles. The highest BCUT2D eigenvalue weighted by Crippen LogP contribution is 2.28. The van der Waals surface area contributed by atoms with Crippen LogP contribution in [-0.4, -0.2) is 22.6 Å². The second kappa shape index (κ2) is 5.91. The first-order valence-corrected chi connectivity index (χ1v) is 7.85. The summed E-state index contributed by atoms with van der Waals surface area (Å²) in [6.45, 7) is 7.15. The molecular weight excluding hydrogens is 258 g/mol. The molecule has 1 aromatic carbocycles. The van der Waals surface area contributed by atoms with E-state index in [1.54, 1.807) is 0 Å². The van der Waals surface area contributed by atoms with Gasteiger partial charge < -0.3 is 9.88 Å². The second-order valence-electron chi connectivity index (χ2n) is 6.21. The van der Waals surface area contributed by atoms with E-state index in [1.165, 1.54) is 18.4 Å². The average Bonchev–Trinajstić information content (AvgIpc) is 2.86. The van der Waals surface area contributed by atoms with Crippen molar-refractivity contribution in [3.8, 4) is 12.3 Å². The van der Waals surface area contributed by atoms with Gasteiger partial charge >= 0.3 is 0 Å². The number of terminal acetylenes is 1. The number of benzene rings is 1. The Morgan fingerprint density at radius 2 is 2.33 bits per heavy atom. The lowest BCUT2D eigenvalue weighted by Crippen LogP contribution is -2.30. The van der Waals surface area contributed by atoms with Gasteiger partial charge in [-0.1, -0.05) is 25.8 Å². The van der Waals surface area contributed by atoms with Crippen LogP contribution >= 0.6 is 0 Å². The van der Waals surface area contributed by atoms with Gasteiger partial charge in [0, 0.05) is 12.5 Å². The number of aromatic nitrogens is 2. The zero-order valence-electron chi connectivity index (χ0n) is 12.9. The lowest BCUT2D eigenvalue weighted by molar-refractivity contribution is 0.438. The fourth-order valence-corrected chi connectivity index (χ4v) is 3.17. The number of nitrogens with zero attached hydrogens (tertiary/aromatic N) is 2. The molecule has 0 aliphatic carbocycles. The largest absolute Gasteiger partial charge is 0.316 e. The number of piperidine rings is 1. The normalized spacial score (nSPS) is 19.0. The molecule has 3 nitrogen and oxygen atoms in total. The lowest BCUT2D eigenvalue weighted by atomic mass is 9.99. The number of hydrogen-bond donors (Lipinski definition) is 1. The SMILES string of the molecule is C#CCn1c(C2CCCNC2)nc2cc(C(C)C)ccc21. The Hall–Kier alpha value is -1.79. The maximum atomic E-state index is 5.57. The van der Waals surface area contributed by atoms with Crippen LogP contribution in [0.1, 0.15) is 49.9 Å². The van der Waals surface area contributed by atoms with Crippen molar-refractivity contribution >= 4 is 11.0 Å². The van der Waals surface area contributed by atoms with Crippen LogP contribution in [0.4, 0.5) is 0 Å². The van der Waals surface area contributed by atoms with Gasteiger partial charge in [0.15, 0.2) is 0 Å². The minimum atomic E-state index is 0.474. The van der Waals surface area contributed by atoms with Crippen LogP contribution < -0.4 is 5.32 Å². The van der Waals surface area contributed by atoms with E-state index in [-0.39, 0.29) is 0 Å². The van der Waals surface area contributed by atoms with Gasteiger partial charge in [0.1, 0.15) is 5.82 Å². The molecule has 3 rings (SSSR count). The molecule has 2 heterocycles. The standard InChI is InChI=1S/C18H23N3/c1-4-10-21-17-8-7-14(13(2)3)11-16(17)20-18(21)15-6-5-9-19-12-15/h1,7-8,11,13,15,19H,5-6,9-10,12H2,2-3H3. The maximum Gasteiger partial charge on any atom is 0.115 e. The molecule has 1 saturated heterocycles. The first-order chi connectivity index (χ1) is 10.2. The quantitative estimate of drug-likeness (QED) is 0.875. The van der Waals surface area contributed by atoms with Crippen molar-refractivity contribution in [1.82, 2.24) is 14.9 Å². The van der Waals surface area contributed by atoms with Crippen LogP contribution in [0.25, 0.3) is 11.0 Å². The Bertz CT molecular complexity index is 670. The van der Waals surface area contributed by atoms with Crippen molar-refractivity contribution in [2.24, 2.45) is 0 Å². The Labute approximate surface area is 126 Å². The molecule has 1 atom stereocenters. The Kier molecular flexibility index (Phi) is 3.98. The third-order valence-electron chi connectivity index (χ3n) is 4.38. The van der Waals surface area contributed by atoms with Gasteiger partial charge in [-0.15, -0.1) is 6.42 Å². The molecular formula is C18H23N3. The molecule has 1 aromatic heterocycles. The van der Waals surface area contributed by atoms with E-state index in [0.717, 1.165) is 29.9 Å². The molecule has 21 heavy (non-hydrogen) atoms. The van der Waals surface area contributed by atoms with E-state index < -0.39 is 0 Å². The van der Waals surface area contributed by atoms with Gasteiger partial charge in [-0.05, 0) is 43.0 Å². The molecule has 2 aromatic rings. The minimum absolute atomic E-state index is 0.474. The van der Waals surface area contributed by atoms with E-state index in [9.17, 15) is 0 Å². The van der Waals surface area contributed by atoms with Gasteiger partial charge in [0.05, 0.1) is 17.6 Å². The molecule has 0 radical (unpaired) electrons. The predicted molar refractivity (Wildman–Crippen MR) is 87.5 cm³/mol. The fourth-order valence-electron chi connectivity index (χ4n) is 3.17. The minimum Gasteiger partial charge on any atom is -0.316 e. The van der Waals surface area contributed by atoms with E-state index in [1.807, 2.05) is 0 Å². The summed E-state index contributed by atoms with van der Waals surface area (Å²) in [4.78, 5) is 4.93. The van der Waals surface area contributed by atoms with Crippen molar-refractivity contribution in [2.45, 2.75) is 45.1 Å². The molecule has 0 bridgehead atoms. The molecule has 1 fully saturated rings. The number of nitrogens with one attached hydrogen (secondary N) is 1. The maximum absolute atomic E-state index is 5.57. The zero-order valence-corrected chi connectivity index (χ0v) is 12.9. The van der Waals surface area contributed by atoms with Crippen LogP contribution in [0.3, 0.4) is 0 Å². The summed E-state index contributed by atoms with van der Waals surface area (Å²) in [6, 6.07) is 6.59. The van der Waals surface area contributed by atoms with Gasteiger partial charge in [-0.3, -0.25) is 0 Å². The summed E-state index contributed by atoms with van der Waals surface area (Å²) < 4.78 is 2.22. The van der Waals surface area contributed by atoms with Gasteiger partial charge in [-0.25, -0.2) is 4.98 Å². The second-order valence-corrected chi connectivity index (χ2v) is 6.21. The number of hydrogen-bond acceptors (Lipinski definition) is 2. The van der Waals surface area contributed by atoms with Gasteiger partial charge in [0.2, 0.25) is 0 Å². The van der Waals surface area contributed by atoms with E-state index >= 15 is 0 Å². The average molecular weight is 281 g/mol. The summed E-state index contributed by atoms with van der Waals surface area (Å²) in [5, 5.41) is 3.47.